The van der Waals surface area contributed by atoms with E-state index in [4.69, 9.17) is 4.42 Å². The molecule has 0 atom stereocenters. The summed E-state index contributed by atoms with van der Waals surface area (Å²) in [6.45, 7) is 3.31. The van der Waals surface area contributed by atoms with E-state index in [0.717, 1.165) is 11.3 Å². The summed E-state index contributed by atoms with van der Waals surface area (Å²) in [6, 6.07) is 14.9. The van der Waals surface area contributed by atoms with Crippen LogP contribution in [0.5, 0.6) is 0 Å². The molecule has 0 aliphatic carbocycles. The van der Waals surface area contributed by atoms with Gasteiger partial charge in [0.05, 0.1) is 5.69 Å². The van der Waals surface area contributed by atoms with Crippen LogP contribution in [0, 0.1) is 12.7 Å². The maximum Gasteiger partial charge on any atom is 0.226 e. The van der Waals surface area contributed by atoms with Crippen molar-refractivity contribution in [3.8, 4) is 11.5 Å². The van der Waals surface area contributed by atoms with Crippen LogP contribution in [-0.4, -0.2) is 31.1 Å². The average Bonchev–Trinajstić information content (AvgIpc) is 3.17. The first kappa shape index (κ1) is 19.6. The summed E-state index contributed by atoms with van der Waals surface area (Å²) >= 11 is 0. The van der Waals surface area contributed by atoms with Gasteiger partial charge in [-0.2, -0.15) is 0 Å². The molecule has 0 saturated heterocycles. The summed E-state index contributed by atoms with van der Waals surface area (Å²) in [5.41, 5.74) is 3.74. The SMILES string of the molecule is CN=C(NCCc1coc(-c2ccc(C)cc2)n1)NCCc1ccccc1F. The highest BCUT2D eigenvalue weighted by molar-refractivity contribution is 5.79. The van der Waals surface area contributed by atoms with E-state index < -0.39 is 0 Å². The number of benzene rings is 2. The number of guanidine groups is 1. The van der Waals surface area contributed by atoms with E-state index >= 15 is 0 Å². The molecule has 28 heavy (non-hydrogen) atoms. The maximum absolute atomic E-state index is 13.6. The standard InChI is InChI=1S/C22H25FN4O/c1-16-7-9-18(10-8-16)21-27-19(15-28-21)12-14-26-22(24-2)25-13-11-17-5-3-4-6-20(17)23/h3-10,15H,11-14H2,1-2H3,(H2,24,25,26). The zero-order valence-corrected chi connectivity index (χ0v) is 16.2. The Labute approximate surface area is 164 Å². The Balaban J connectivity index is 1.43. The minimum atomic E-state index is -0.178. The molecule has 2 N–H and O–H groups in total. The van der Waals surface area contributed by atoms with Gasteiger partial charge in [0.15, 0.2) is 5.96 Å². The highest BCUT2D eigenvalue weighted by Crippen LogP contribution is 2.19. The van der Waals surface area contributed by atoms with Gasteiger partial charge in [-0.15, -0.1) is 0 Å². The van der Waals surface area contributed by atoms with Crippen LogP contribution < -0.4 is 10.6 Å². The second-order valence-electron chi connectivity index (χ2n) is 6.53. The summed E-state index contributed by atoms with van der Waals surface area (Å²) in [5, 5.41) is 6.43. The molecular formula is C22H25FN4O. The van der Waals surface area contributed by atoms with E-state index in [9.17, 15) is 4.39 Å². The fraction of sp³-hybridized carbons (Fsp3) is 0.273. The Morgan fingerprint density at radius 2 is 1.75 bits per heavy atom. The Morgan fingerprint density at radius 3 is 2.46 bits per heavy atom. The molecule has 5 nitrogen and oxygen atoms in total. The number of halogens is 1. The number of aromatic nitrogens is 1. The topological polar surface area (TPSA) is 62.5 Å². The molecule has 3 rings (SSSR count). The first-order valence-electron chi connectivity index (χ1n) is 9.35. The maximum atomic E-state index is 13.6. The summed E-state index contributed by atoms with van der Waals surface area (Å²) in [4.78, 5) is 8.73. The van der Waals surface area contributed by atoms with Crippen molar-refractivity contribution in [2.45, 2.75) is 19.8 Å². The van der Waals surface area contributed by atoms with E-state index in [1.54, 1.807) is 25.4 Å². The van der Waals surface area contributed by atoms with Crippen molar-refractivity contribution < 1.29 is 8.81 Å². The molecule has 0 spiro atoms. The van der Waals surface area contributed by atoms with Crippen molar-refractivity contribution in [2.24, 2.45) is 4.99 Å². The molecule has 0 fully saturated rings. The van der Waals surface area contributed by atoms with E-state index in [-0.39, 0.29) is 5.82 Å². The van der Waals surface area contributed by atoms with Gasteiger partial charge in [0.25, 0.3) is 0 Å². The van der Waals surface area contributed by atoms with Crippen molar-refractivity contribution in [1.82, 2.24) is 15.6 Å². The molecule has 0 unspecified atom stereocenters. The molecule has 3 aromatic rings. The van der Waals surface area contributed by atoms with Gasteiger partial charge in [-0.05, 0) is 37.1 Å². The lowest BCUT2D eigenvalue weighted by Gasteiger charge is -2.11. The lowest BCUT2D eigenvalue weighted by molar-refractivity contribution is 0.572. The second-order valence-corrected chi connectivity index (χ2v) is 6.53. The van der Waals surface area contributed by atoms with Gasteiger partial charge < -0.3 is 15.1 Å². The molecule has 146 valence electrons. The van der Waals surface area contributed by atoms with Gasteiger partial charge in [0.1, 0.15) is 12.1 Å². The van der Waals surface area contributed by atoms with Crippen LogP contribution in [0.1, 0.15) is 16.8 Å². The van der Waals surface area contributed by atoms with Gasteiger partial charge in [-0.1, -0.05) is 35.9 Å². The molecule has 2 aromatic carbocycles. The third-order valence-electron chi connectivity index (χ3n) is 4.39. The highest BCUT2D eigenvalue weighted by Gasteiger charge is 2.07. The number of oxazole rings is 1. The monoisotopic (exact) mass is 380 g/mol. The number of nitrogens with zero attached hydrogens (tertiary/aromatic N) is 2. The largest absolute Gasteiger partial charge is 0.444 e. The molecule has 0 saturated carbocycles. The number of hydrogen-bond donors (Lipinski definition) is 2. The quantitative estimate of drug-likeness (QED) is 0.484. The lowest BCUT2D eigenvalue weighted by Crippen LogP contribution is -2.39. The first-order valence-corrected chi connectivity index (χ1v) is 9.35. The summed E-state index contributed by atoms with van der Waals surface area (Å²) in [7, 11) is 1.71. The molecule has 6 heteroatoms. The van der Waals surface area contributed by atoms with Gasteiger partial charge >= 0.3 is 0 Å². The van der Waals surface area contributed by atoms with Crippen molar-refractivity contribution in [1.29, 1.82) is 0 Å². The number of rotatable bonds is 7. The molecule has 0 aliphatic rings. The van der Waals surface area contributed by atoms with Crippen molar-refractivity contribution in [3.63, 3.8) is 0 Å². The van der Waals surface area contributed by atoms with E-state index in [0.29, 0.717) is 43.3 Å². The van der Waals surface area contributed by atoms with Gasteiger partial charge in [0.2, 0.25) is 5.89 Å². The molecule has 0 bridgehead atoms. The minimum absolute atomic E-state index is 0.178. The molecule has 0 amide bonds. The molecule has 1 aromatic heterocycles. The van der Waals surface area contributed by atoms with Crippen LogP contribution in [0.25, 0.3) is 11.5 Å². The number of aryl methyl sites for hydroxylation is 1. The average molecular weight is 380 g/mol. The molecular weight excluding hydrogens is 355 g/mol. The predicted octanol–water partition coefficient (Wildman–Crippen LogP) is 3.74. The van der Waals surface area contributed by atoms with Crippen molar-refractivity contribution in [2.75, 3.05) is 20.1 Å². The number of hydrogen-bond acceptors (Lipinski definition) is 3. The molecule has 1 heterocycles. The van der Waals surface area contributed by atoms with Crippen LogP contribution in [0.3, 0.4) is 0 Å². The first-order chi connectivity index (χ1) is 13.7. The van der Waals surface area contributed by atoms with E-state index in [1.807, 2.05) is 37.3 Å². The van der Waals surface area contributed by atoms with Gasteiger partial charge in [-0.25, -0.2) is 9.37 Å². The smallest absolute Gasteiger partial charge is 0.226 e. The van der Waals surface area contributed by atoms with Crippen LogP contribution in [-0.2, 0) is 12.8 Å². The normalized spacial score (nSPS) is 11.5. The predicted molar refractivity (Wildman–Crippen MR) is 110 cm³/mol. The van der Waals surface area contributed by atoms with Gasteiger partial charge in [-0.3, -0.25) is 4.99 Å². The Bertz CT molecular complexity index is 918. The van der Waals surface area contributed by atoms with Crippen LogP contribution in [0.4, 0.5) is 4.39 Å². The fourth-order valence-electron chi connectivity index (χ4n) is 2.80. The zero-order valence-electron chi connectivity index (χ0n) is 16.2. The minimum Gasteiger partial charge on any atom is -0.444 e. The number of aliphatic imine (C=N–C) groups is 1. The van der Waals surface area contributed by atoms with Gasteiger partial charge in [0, 0.05) is 32.1 Å². The third-order valence-corrected chi connectivity index (χ3v) is 4.39. The molecule has 0 aliphatic heterocycles. The number of nitrogens with one attached hydrogen (secondary N) is 2. The van der Waals surface area contributed by atoms with Crippen LogP contribution in [0.15, 0.2) is 64.2 Å². The third kappa shape index (κ3) is 5.42. The molecule has 0 radical (unpaired) electrons. The Hall–Kier alpha value is -3.15. The van der Waals surface area contributed by atoms with E-state index in [2.05, 4.69) is 20.6 Å². The van der Waals surface area contributed by atoms with Crippen LogP contribution >= 0.6 is 0 Å². The summed E-state index contributed by atoms with van der Waals surface area (Å²) in [5.74, 6) is 1.13. The zero-order chi connectivity index (χ0) is 19.8. The fourth-order valence-corrected chi connectivity index (χ4v) is 2.80. The summed E-state index contributed by atoms with van der Waals surface area (Å²) in [6.07, 6.45) is 2.99. The highest BCUT2D eigenvalue weighted by atomic mass is 19.1. The van der Waals surface area contributed by atoms with E-state index in [1.165, 1.54) is 11.6 Å². The van der Waals surface area contributed by atoms with Crippen molar-refractivity contribution >= 4 is 5.96 Å². The lowest BCUT2D eigenvalue weighted by atomic mass is 10.1. The Morgan fingerprint density at radius 1 is 1.04 bits per heavy atom. The Kier molecular flexibility index (Phi) is 6.78. The second kappa shape index (κ2) is 9.69. The summed E-state index contributed by atoms with van der Waals surface area (Å²) < 4.78 is 19.2. The van der Waals surface area contributed by atoms with Crippen LogP contribution in [0.2, 0.25) is 0 Å². The van der Waals surface area contributed by atoms with Crippen molar-refractivity contribution in [3.05, 3.63) is 77.4 Å².